The fourth-order valence-corrected chi connectivity index (χ4v) is 2.67. The molecule has 1 fully saturated rings. The number of nitrogens with one attached hydrogen (secondary N) is 1. The van der Waals surface area contributed by atoms with Gasteiger partial charge < -0.3 is 14.8 Å². The van der Waals surface area contributed by atoms with E-state index in [1.54, 1.807) is 6.07 Å². The third-order valence-electron chi connectivity index (χ3n) is 3.87. The zero-order valence-electron chi connectivity index (χ0n) is 12.8. The van der Waals surface area contributed by atoms with Gasteiger partial charge in [0.15, 0.2) is 0 Å². The summed E-state index contributed by atoms with van der Waals surface area (Å²) in [4.78, 5) is 0. The molecule has 1 aromatic carbocycles. The average molecular weight is 295 g/mol. The van der Waals surface area contributed by atoms with Gasteiger partial charge in [-0.25, -0.2) is 4.39 Å². The number of ether oxygens (including phenoxy) is 2. The minimum Gasteiger partial charge on any atom is -0.379 e. The van der Waals surface area contributed by atoms with Crippen LogP contribution in [0.3, 0.4) is 0 Å². The molecule has 1 saturated heterocycles. The van der Waals surface area contributed by atoms with Crippen LogP contribution in [0.25, 0.3) is 0 Å². The minimum absolute atomic E-state index is 0.0735. The van der Waals surface area contributed by atoms with Crippen LogP contribution in [-0.4, -0.2) is 32.5 Å². The van der Waals surface area contributed by atoms with Gasteiger partial charge >= 0.3 is 0 Å². The van der Waals surface area contributed by atoms with E-state index in [0.29, 0.717) is 12.7 Å². The number of rotatable bonds is 9. The summed E-state index contributed by atoms with van der Waals surface area (Å²) in [5.41, 5.74) is 0.750. The van der Waals surface area contributed by atoms with Gasteiger partial charge in [-0.3, -0.25) is 0 Å². The molecule has 1 heterocycles. The van der Waals surface area contributed by atoms with Crippen LogP contribution in [0.15, 0.2) is 24.3 Å². The molecule has 2 unspecified atom stereocenters. The number of benzene rings is 1. The number of halogens is 1. The van der Waals surface area contributed by atoms with Crippen molar-refractivity contribution in [2.75, 3.05) is 26.4 Å². The van der Waals surface area contributed by atoms with Crippen molar-refractivity contribution in [2.24, 2.45) is 0 Å². The van der Waals surface area contributed by atoms with E-state index in [9.17, 15) is 4.39 Å². The lowest BCUT2D eigenvalue weighted by atomic mass is 10.0. The van der Waals surface area contributed by atoms with E-state index in [0.717, 1.165) is 51.0 Å². The van der Waals surface area contributed by atoms with Crippen LogP contribution in [0.4, 0.5) is 4.39 Å². The standard InChI is InChI=1S/C17H26FNO2/c1-2-17(15-8-3-4-9-16(15)18)19-10-6-11-20-13-14-7-5-12-21-14/h3-4,8-9,14,17,19H,2,5-7,10-13H2,1H3. The molecule has 1 N–H and O–H groups in total. The van der Waals surface area contributed by atoms with Crippen LogP contribution in [-0.2, 0) is 9.47 Å². The van der Waals surface area contributed by atoms with Crippen molar-refractivity contribution in [3.63, 3.8) is 0 Å². The first kappa shape index (κ1) is 16.4. The van der Waals surface area contributed by atoms with Crippen LogP contribution in [0.1, 0.15) is 44.2 Å². The molecular weight excluding hydrogens is 269 g/mol. The van der Waals surface area contributed by atoms with E-state index >= 15 is 0 Å². The first-order valence-corrected chi connectivity index (χ1v) is 7.98. The third kappa shape index (κ3) is 5.38. The monoisotopic (exact) mass is 295 g/mol. The highest BCUT2D eigenvalue weighted by Gasteiger charge is 2.15. The van der Waals surface area contributed by atoms with Crippen molar-refractivity contribution < 1.29 is 13.9 Å². The van der Waals surface area contributed by atoms with E-state index < -0.39 is 0 Å². The SMILES string of the molecule is CCC(NCCCOCC1CCCO1)c1ccccc1F. The minimum atomic E-state index is -0.133. The number of hydrogen-bond acceptors (Lipinski definition) is 3. The van der Waals surface area contributed by atoms with E-state index in [4.69, 9.17) is 9.47 Å². The molecule has 4 heteroatoms. The maximum Gasteiger partial charge on any atom is 0.127 e. The number of hydrogen-bond donors (Lipinski definition) is 1. The Hall–Kier alpha value is -0.970. The molecular formula is C17H26FNO2. The summed E-state index contributed by atoms with van der Waals surface area (Å²) < 4.78 is 24.9. The topological polar surface area (TPSA) is 30.5 Å². The summed E-state index contributed by atoms with van der Waals surface area (Å²) in [5, 5.41) is 3.40. The molecule has 0 amide bonds. The second-order valence-electron chi connectivity index (χ2n) is 5.50. The van der Waals surface area contributed by atoms with Gasteiger partial charge in [0.2, 0.25) is 0 Å². The van der Waals surface area contributed by atoms with Crippen molar-refractivity contribution in [1.29, 1.82) is 0 Å². The van der Waals surface area contributed by atoms with Gasteiger partial charge in [-0.05, 0) is 38.3 Å². The zero-order chi connectivity index (χ0) is 14.9. The van der Waals surface area contributed by atoms with E-state index in [-0.39, 0.29) is 11.9 Å². The Labute approximate surface area is 126 Å². The van der Waals surface area contributed by atoms with Gasteiger partial charge in [0.25, 0.3) is 0 Å². The molecule has 0 bridgehead atoms. The smallest absolute Gasteiger partial charge is 0.127 e. The predicted molar refractivity (Wildman–Crippen MR) is 81.8 cm³/mol. The lowest BCUT2D eigenvalue weighted by molar-refractivity contribution is 0.0165. The maximum atomic E-state index is 13.8. The normalized spacial score (nSPS) is 19.8. The summed E-state index contributed by atoms with van der Waals surface area (Å²) in [7, 11) is 0. The summed E-state index contributed by atoms with van der Waals surface area (Å²) in [6.45, 7) is 5.19. The Morgan fingerprint density at radius 2 is 2.29 bits per heavy atom. The molecule has 0 aliphatic carbocycles. The highest BCUT2D eigenvalue weighted by molar-refractivity contribution is 5.20. The van der Waals surface area contributed by atoms with E-state index in [2.05, 4.69) is 12.2 Å². The molecule has 1 aromatic rings. The average Bonchev–Trinajstić information content (AvgIpc) is 3.01. The van der Waals surface area contributed by atoms with Crippen molar-refractivity contribution in [2.45, 2.75) is 44.8 Å². The lowest BCUT2D eigenvalue weighted by Gasteiger charge is -2.18. The molecule has 118 valence electrons. The fourth-order valence-electron chi connectivity index (χ4n) is 2.67. The summed E-state index contributed by atoms with van der Waals surface area (Å²) in [5.74, 6) is -0.133. The fraction of sp³-hybridized carbons (Fsp3) is 0.647. The van der Waals surface area contributed by atoms with Gasteiger partial charge in [0.1, 0.15) is 5.82 Å². The van der Waals surface area contributed by atoms with Gasteiger partial charge in [-0.15, -0.1) is 0 Å². The zero-order valence-corrected chi connectivity index (χ0v) is 12.8. The van der Waals surface area contributed by atoms with E-state index in [1.165, 1.54) is 6.07 Å². The molecule has 0 radical (unpaired) electrons. The molecule has 3 nitrogen and oxygen atoms in total. The predicted octanol–water partition coefficient (Wildman–Crippen LogP) is 3.45. The molecule has 1 aliphatic heterocycles. The first-order valence-electron chi connectivity index (χ1n) is 7.98. The van der Waals surface area contributed by atoms with Gasteiger partial charge in [-0.2, -0.15) is 0 Å². The Morgan fingerprint density at radius 1 is 1.43 bits per heavy atom. The van der Waals surface area contributed by atoms with Crippen molar-refractivity contribution >= 4 is 0 Å². The Balaban J connectivity index is 1.61. The van der Waals surface area contributed by atoms with Crippen LogP contribution in [0, 0.1) is 5.82 Å². The molecule has 2 rings (SSSR count). The Morgan fingerprint density at radius 3 is 3.00 bits per heavy atom. The van der Waals surface area contributed by atoms with Crippen molar-refractivity contribution in [3.8, 4) is 0 Å². The van der Waals surface area contributed by atoms with Gasteiger partial charge in [0, 0.05) is 24.8 Å². The van der Waals surface area contributed by atoms with E-state index in [1.807, 2.05) is 12.1 Å². The highest BCUT2D eigenvalue weighted by atomic mass is 19.1. The molecule has 0 aromatic heterocycles. The quantitative estimate of drug-likeness (QED) is 0.708. The summed E-state index contributed by atoms with van der Waals surface area (Å²) in [6.07, 6.45) is 4.36. The largest absolute Gasteiger partial charge is 0.379 e. The Bertz CT molecular complexity index is 408. The van der Waals surface area contributed by atoms with Crippen LogP contribution >= 0.6 is 0 Å². The Kier molecular flexibility index (Phi) is 7.13. The van der Waals surface area contributed by atoms with Crippen LogP contribution < -0.4 is 5.32 Å². The second kappa shape index (κ2) is 9.13. The molecule has 0 spiro atoms. The second-order valence-corrected chi connectivity index (χ2v) is 5.50. The van der Waals surface area contributed by atoms with Crippen molar-refractivity contribution in [3.05, 3.63) is 35.6 Å². The van der Waals surface area contributed by atoms with Gasteiger partial charge in [0.05, 0.1) is 12.7 Å². The summed E-state index contributed by atoms with van der Waals surface area (Å²) in [6, 6.07) is 7.05. The maximum absolute atomic E-state index is 13.8. The molecule has 21 heavy (non-hydrogen) atoms. The van der Waals surface area contributed by atoms with Gasteiger partial charge in [-0.1, -0.05) is 25.1 Å². The lowest BCUT2D eigenvalue weighted by Crippen LogP contribution is -2.24. The highest BCUT2D eigenvalue weighted by Crippen LogP contribution is 2.19. The molecule has 1 aliphatic rings. The third-order valence-corrected chi connectivity index (χ3v) is 3.87. The van der Waals surface area contributed by atoms with Crippen LogP contribution in [0.5, 0.6) is 0 Å². The molecule has 0 saturated carbocycles. The van der Waals surface area contributed by atoms with Crippen molar-refractivity contribution in [1.82, 2.24) is 5.32 Å². The molecule has 2 atom stereocenters. The van der Waals surface area contributed by atoms with Crippen LogP contribution in [0.2, 0.25) is 0 Å². The summed E-state index contributed by atoms with van der Waals surface area (Å²) >= 11 is 0. The first-order chi connectivity index (χ1) is 10.3.